The van der Waals surface area contributed by atoms with Gasteiger partial charge in [0.1, 0.15) is 12.2 Å². The van der Waals surface area contributed by atoms with Gasteiger partial charge in [0.15, 0.2) is 0 Å². The van der Waals surface area contributed by atoms with E-state index in [2.05, 4.69) is 0 Å². The Morgan fingerprint density at radius 3 is 1.65 bits per heavy atom. The predicted octanol–water partition coefficient (Wildman–Crippen LogP) is 3.28. The van der Waals surface area contributed by atoms with Crippen LogP contribution in [0.2, 0.25) is 0 Å². The number of rotatable bonds is 15. The molecule has 2 unspecified atom stereocenters. The van der Waals surface area contributed by atoms with E-state index in [4.69, 9.17) is 18.9 Å². The third kappa shape index (κ3) is 10.9. The van der Waals surface area contributed by atoms with Gasteiger partial charge in [-0.25, -0.2) is 0 Å². The van der Waals surface area contributed by atoms with E-state index in [1.54, 1.807) is 0 Å². The van der Waals surface area contributed by atoms with Crippen molar-refractivity contribution < 1.29 is 18.9 Å². The molecule has 0 bridgehead atoms. The largest absolute Gasteiger partial charge is 0.379 e. The average Bonchev–Trinajstić information content (AvgIpc) is 3.34. The number of ether oxygens (including phenoxy) is 4. The van der Waals surface area contributed by atoms with Crippen molar-refractivity contribution in [3.8, 4) is 0 Å². The highest BCUT2D eigenvalue weighted by molar-refractivity contribution is 9.26. The Kier molecular flexibility index (Phi) is 10.3. The first kappa shape index (κ1) is 17.6. The molecular weight excluding hydrogens is 336 g/mol. The molecule has 20 heavy (non-hydrogen) atoms. The average molecular weight is 359 g/mol. The van der Waals surface area contributed by atoms with Crippen molar-refractivity contribution in [2.24, 2.45) is 0 Å². The second-order valence-electron chi connectivity index (χ2n) is 4.55. The molecule has 2 fully saturated rings. The molecule has 0 aliphatic carbocycles. The highest BCUT2D eigenvalue weighted by Gasteiger charge is 2.22. The lowest BCUT2D eigenvalue weighted by molar-refractivity contribution is 0.117. The van der Waals surface area contributed by atoms with Crippen molar-refractivity contribution in [3.63, 3.8) is 0 Å². The molecule has 0 aromatic heterocycles. The smallest absolute Gasteiger partial charge is 0.104 e. The van der Waals surface area contributed by atoms with E-state index >= 15 is 0 Å². The van der Waals surface area contributed by atoms with Gasteiger partial charge < -0.3 is 18.9 Å². The topological polar surface area (TPSA) is 43.5 Å². The van der Waals surface area contributed by atoms with E-state index in [9.17, 15) is 0 Å². The molecule has 4 nitrogen and oxygen atoms in total. The van der Waals surface area contributed by atoms with Gasteiger partial charge in [-0.15, -0.1) is 0 Å². The number of hydrogen-bond donors (Lipinski definition) is 0. The molecule has 0 aromatic carbocycles. The quantitative estimate of drug-likeness (QED) is 0.251. The molecule has 0 N–H and O–H groups in total. The van der Waals surface area contributed by atoms with Crippen LogP contribution in [0, 0.1) is 0 Å². The Morgan fingerprint density at radius 2 is 1.25 bits per heavy atom. The summed E-state index contributed by atoms with van der Waals surface area (Å²) in [4.78, 5) is 0. The van der Waals surface area contributed by atoms with Crippen molar-refractivity contribution >= 4 is 41.2 Å². The van der Waals surface area contributed by atoms with Crippen LogP contribution in [-0.4, -0.2) is 63.4 Å². The van der Waals surface area contributed by atoms with Gasteiger partial charge in [0, 0.05) is 24.7 Å². The fraction of sp³-hybridized carbons (Fsp3) is 1.00. The van der Waals surface area contributed by atoms with Gasteiger partial charge in [0.25, 0.3) is 0 Å². The summed E-state index contributed by atoms with van der Waals surface area (Å²) in [7, 11) is 7.54. The summed E-state index contributed by atoms with van der Waals surface area (Å²) < 4.78 is 21.1. The van der Waals surface area contributed by atoms with E-state index in [1.807, 2.05) is 41.2 Å². The van der Waals surface area contributed by atoms with E-state index < -0.39 is 0 Å². The Bertz CT molecular complexity index is 215. The van der Waals surface area contributed by atoms with Crippen molar-refractivity contribution in [2.75, 3.05) is 51.1 Å². The van der Waals surface area contributed by atoms with Gasteiger partial charge in [-0.1, -0.05) is 21.6 Å². The van der Waals surface area contributed by atoms with Crippen LogP contribution in [0.25, 0.3) is 0 Å². The predicted molar refractivity (Wildman–Crippen MR) is 90.5 cm³/mol. The lowest BCUT2D eigenvalue weighted by Gasteiger charge is -2.03. The molecule has 0 saturated carbocycles. The molecule has 0 radical (unpaired) electrons. The van der Waals surface area contributed by atoms with Gasteiger partial charge in [-0.2, -0.15) is 0 Å². The van der Waals surface area contributed by atoms with Gasteiger partial charge in [0.2, 0.25) is 0 Å². The molecule has 2 atom stereocenters. The van der Waals surface area contributed by atoms with Gasteiger partial charge in [-0.05, 0) is 32.5 Å². The monoisotopic (exact) mass is 358 g/mol. The second kappa shape index (κ2) is 11.8. The second-order valence-corrected chi connectivity index (χ2v) is 10.8. The Hall–Kier alpha value is 1.24. The fourth-order valence-corrected chi connectivity index (χ4v) is 7.40. The minimum absolute atomic E-state index is 0.393. The summed E-state index contributed by atoms with van der Waals surface area (Å²) in [6.07, 6.45) is 3.02. The summed E-state index contributed by atoms with van der Waals surface area (Å²) in [5, 5.41) is 0. The molecule has 2 saturated heterocycles. The lowest BCUT2D eigenvalue weighted by Crippen LogP contribution is -2.03. The first-order valence-electron chi connectivity index (χ1n) is 6.91. The normalized spacial score (nSPS) is 24.0. The third-order valence-corrected chi connectivity index (χ3v) is 9.20. The molecule has 0 amide bonds. The molecule has 2 rings (SSSR count). The van der Waals surface area contributed by atoms with Crippen LogP contribution < -0.4 is 0 Å². The van der Waals surface area contributed by atoms with E-state index in [0.717, 1.165) is 64.0 Å². The minimum atomic E-state index is 0.393. The summed E-state index contributed by atoms with van der Waals surface area (Å²) in [6.45, 7) is 5.03. The van der Waals surface area contributed by atoms with E-state index in [0.29, 0.717) is 12.2 Å². The molecule has 2 aliphatic heterocycles. The Balaban J connectivity index is 1.17. The maximum atomic E-state index is 5.48. The molecule has 0 aromatic rings. The number of hydrogen-bond acceptors (Lipinski definition) is 8. The molecular formula is C12H22O4S4. The fourth-order valence-electron chi connectivity index (χ4n) is 1.31. The van der Waals surface area contributed by atoms with Crippen LogP contribution in [0.1, 0.15) is 12.8 Å². The van der Waals surface area contributed by atoms with Crippen LogP contribution >= 0.6 is 41.2 Å². The summed E-state index contributed by atoms with van der Waals surface area (Å²) >= 11 is 0. The van der Waals surface area contributed by atoms with Gasteiger partial charge in [-0.3, -0.25) is 0 Å². The third-order valence-electron chi connectivity index (χ3n) is 2.57. The van der Waals surface area contributed by atoms with E-state index in [1.165, 1.54) is 0 Å². The molecule has 8 heteroatoms. The van der Waals surface area contributed by atoms with E-state index in [-0.39, 0.29) is 0 Å². The standard InChI is InChI=1S/C12H22O4S4/c1(3-13-7-11-9-15-11)5-17-19-20-18-6-2-4-14-8-12-10-16-12/h11-12H,1-10H2. The van der Waals surface area contributed by atoms with Crippen LogP contribution in [-0.2, 0) is 18.9 Å². The lowest BCUT2D eigenvalue weighted by atomic mass is 10.5. The van der Waals surface area contributed by atoms with Gasteiger partial charge in [0.05, 0.1) is 26.4 Å². The van der Waals surface area contributed by atoms with Crippen LogP contribution in [0.5, 0.6) is 0 Å². The zero-order valence-electron chi connectivity index (χ0n) is 11.5. The van der Waals surface area contributed by atoms with Crippen LogP contribution in [0.4, 0.5) is 0 Å². The molecule has 118 valence electrons. The van der Waals surface area contributed by atoms with Crippen molar-refractivity contribution in [3.05, 3.63) is 0 Å². The maximum absolute atomic E-state index is 5.48. The Morgan fingerprint density at radius 1 is 0.800 bits per heavy atom. The van der Waals surface area contributed by atoms with Crippen LogP contribution in [0.3, 0.4) is 0 Å². The zero-order valence-corrected chi connectivity index (χ0v) is 14.8. The zero-order chi connectivity index (χ0) is 13.9. The van der Waals surface area contributed by atoms with Crippen molar-refractivity contribution in [2.45, 2.75) is 25.0 Å². The maximum Gasteiger partial charge on any atom is 0.104 e. The van der Waals surface area contributed by atoms with Crippen LogP contribution in [0.15, 0.2) is 0 Å². The molecule has 2 aliphatic rings. The summed E-state index contributed by atoms with van der Waals surface area (Å²) in [5.41, 5.74) is 0. The SMILES string of the molecule is C(COCC1CO1)CSSSSCCCOCC1CO1. The van der Waals surface area contributed by atoms with Gasteiger partial charge >= 0.3 is 0 Å². The molecule has 0 spiro atoms. The first-order valence-corrected chi connectivity index (χ1v) is 12.1. The summed E-state index contributed by atoms with van der Waals surface area (Å²) in [6, 6.07) is 0. The summed E-state index contributed by atoms with van der Waals surface area (Å²) in [5.74, 6) is 2.29. The highest BCUT2D eigenvalue weighted by atomic mass is 33.7. The minimum Gasteiger partial charge on any atom is -0.379 e. The highest BCUT2D eigenvalue weighted by Crippen LogP contribution is 2.43. The number of epoxide rings is 2. The Labute approximate surface area is 136 Å². The molecule has 2 heterocycles. The van der Waals surface area contributed by atoms with Crippen molar-refractivity contribution in [1.29, 1.82) is 0 Å². The van der Waals surface area contributed by atoms with Crippen molar-refractivity contribution in [1.82, 2.24) is 0 Å². The first-order chi connectivity index (χ1) is 9.95.